The van der Waals surface area contributed by atoms with E-state index in [1.807, 2.05) is 0 Å². The smallest absolute Gasteiger partial charge is 0.150 e. The van der Waals surface area contributed by atoms with Crippen LogP contribution in [0.25, 0.3) is 0 Å². The SMILES string of the molecule is Fc1cccc(F)c1NBr. The van der Waals surface area contributed by atoms with Crippen molar-refractivity contribution < 1.29 is 8.78 Å². The minimum atomic E-state index is -0.614. The van der Waals surface area contributed by atoms with Crippen molar-refractivity contribution in [3.05, 3.63) is 29.8 Å². The predicted octanol–water partition coefficient (Wildman–Crippen LogP) is 2.69. The maximum Gasteiger partial charge on any atom is 0.150 e. The van der Waals surface area contributed by atoms with Crippen LogP contribution < -0.4 is 4.34 Å². The first kappa shape index (κ1) is 7.47. The van der Waals surface area contributed by atoms with Crippen molar-refractivity contribution in [2.24, 2.45) is 0 Å². The normalized spacial score (nSPS) is 9.50. The molecule has 0 unspecified atom stereocenters. The first-order chi connectivity index (χ1) is 4.75. The molecule has 4 heteroatoms. The van der Waals surface area contributed by atoms with Gasteiger partial charge < -0.3 is 4.34 Å². The van der Waals surface area contributed by atoms with E-state index in [9.17, 15) is 8.78 Å². The minimum absolute atomic E-state index is 0.164. The van der Waals surface area contributed by atoms with Gasteiger partial charge in [0, 0.05) is 16.1 Å². The lowest BCUT2D eigenvalue weighted by molar-refractivity contribution is 0.592. The van der Waals surface area contributed by atoms with Crippen LogP contribution in [0.3, 0.4) is 0 Å². The highest BCUT2D eigenvalue weighted by molar-refractivity contribution is 9.10. The van der Waals surface area contributed by atoms with Crippen molar-refractivity contribution in [1.82, 2.24) is 0 Å². The van der Waals surface area contributed by atoms with Crippen molar-refractivity contribution in [1.29, 1.82) is 0 Å². The Morgan fingerprint density at radius 3 is 2.00 bits per heavy atom. The first-order valence-corrected chi connectivity index (χ1v) is 3.35. The van der Waals surface area contributed by atoms with Crippen LogP contribution in [0.15, 0.2) is 18.2 Å². The van der Waals surface area contributed by atoms with Gasteiger partial charge in [0.1, 0.15) is 17.3 Å². The number of rotatable bonds is 1. The van der Waals surface area contributed by atoms with Gasteiger partial charge in [-0.25, -0.2) is 8.78 Å². The number of benzene rings is 1. The van der Waals surface area contributed by atoms with E-state index in [1.165, 1.54) is 18.2 Å². The van der Waals surface area contributed by atoms with E-state index in [4.69, 9.17) is 0 Å². The average molecular weight is 208 g/mol. The van der Waals surface area contributed by atoms with Crippen LogP contribution in [0.2, 0.25) is 0 Å². The van der Waals surface area contributed by atoms with E-state index in [-0.39, 0.29) is 5.69 Å². The maximum absolute atomic E-state index is 12.5. The molecule has 0 aromatic heterocycles. The summed E-state index contributed by atoms with van der Waals surface area (Å²) in [7, 11) is 0. The molecule has 0 heterocycles. The van der Waals surface area contributed by atoms with Gasteiger partial charge in [-0.1, -0.05) is 6.07 Å². The van der Waals surface area contributed by atoms with Crippen LogP contribution in [0.1, 0.15) is 0 Å². The topological polar surface area (TPSA) is 12.0 Å². The van der Waals surface area contributed by atoms with Crippen LogP contribution in [0.4, 0.5) is 14.5 Å². The van der Waals surface area contributed by atoms with Gasteiger partial charge >= 0.3 is 0 Å². The Morgan fingerprint density at radius 2 is 1.70 bits per heavy atom. The number of hydrogen-bond donors (Lipinski definition) is 1. The van der Waals surface area contributed by atoms with Crippen molar-refractivity contribution >= 4 is 21.8 Å². The van der Waals surface area contributed by atoms with Crippen LogP contribution in [-0.4, -0.2) is 0 Å². The van der Waals surface area contributed by atoms with Gasteiger partial charge in [0.15, 0.2) is 0 Å². The molecule has 10 heavy (non-hydrogen) atoms. The third-order valence-electron chi connectivity index (χ3n) is 1.06. The van der Waals surface area contributed by atoms with Gasteiger partial charge in [-0.2, -0.15) is 0 Å². The van der Waals surface area contributed by atoms with Crippen molar-refractivity contribution in [2.45, 2.75) is 0 Å². The fourth-order valence-electron chi connectivity index (χ4n) is 0.588. The zero-order valence-electron chi connectivity index (χ0n) is 4.87. The number of nitrogens with one attached hydrogen (secondary N) is 1. The minimum Gasteiger partial charge on any atom is -0.317 e. The van der Waals surface area contributed by atoms with E-state index in [0.717, 1.165) is 0 Å². The van der Waals surface area contributed by atoms with E-state index in [0.29, 0.717) is 0 Å². The van der Waals surface area contributed by atoms with E-state index in [1.54, 1.807) is 0 Å². The lowest BCUT2D eigenvalue weighted by atomic mass is 10.3. The Balaban J connectivity index is 3.17. The largest absolute Gasteiger partial charge is 0.317 e. The lowest BCUT2D eigenvalue weighted by Crippen LogP contribution is -1.89. The summed E-state index contributed by atoms with van der Waals surface area (Å²) >= 11 is 2.73. The van der Waals surface area contributed by atoms with E-state index in [2.05, 4.69) is 20.5 Å². The van der Waals surface area contributed by atoms with E-state index < -0.39 is 11.6 Å². The van der Waals surface area contributed by atoms with Crippen LogP contribution in [-0.2, 0) is 0 Å². The number of anilines is 1. The summed E-state index contributed by atoms with van der Waals surface area (Å²) in [6, 6.07) is 3.65. The van der Waals surface area contributed by atoms with Gasteiger partial charge in [0.05, 0.1) is 0 Å². The van der Waals surface area contributed by atoms with Crippen molar-refractivity contribution in [2.75, 3.05) is 4.34 Å². The Kier molecular flexibility index (Phi) is 2.21. The summed E-state index contributed by atoms with van der Waals surface area (Å²) in [5, 5.41) is 0. The number of hydrogen-bond acceptors (Lipinski definition) is 1. The maximum atomic E-state index is 12.5. The Hall–Kier alpha value is -0.640. The Morgan fingerprint density at radius 1 is 1.20 bits per heavy atom. The fourth-order valence-corrected chi connectivity index (χ4v) is 0.967. The molecule has 0 saturated carbocycles. The zero-order valence-corrected chi connectivity index (χ0v) is 6.45. The molecule has 0 aliphatic rings. The Bertz CT molecular complexity index is 219. The highest BCUT2D eigenvalue weighted by Gasteiger charge is 2.04. The summed E-state index contributed by atoms with van der Waals surface area (Å²) < 4.78 is 27.3. The molecule has 1 aromatic carbocycles. The molecule has 0 fully saturated rings. The molecule has 0 bridgehead atoms. The van der Waals surface area contributed by atoms with Gasteiger partial charge in [0.25, 0.3) is 0 Å². The first-order valence-electron chi connectivity index (χ1n) is 2.56. The summed E-state index contributed by atoms with van der Waals surface area (Å²) in [4.78, 5) is 0. The van der Waals surface area contributed by atoms with Crippen LogP contribution >= 0.6 is 16.1 Å². The highest BCUT2D eigenvalue weighted by atomic mass is 79.9. The van der Waals surface area contributed by atoms with Crippen LogP contribution in [0.5, 0.6) is 0 Å². The van der Waals surface area contributed by atoms with Gasteiger partial charge in [-0.3, -0.25) is 0 Å². The summed E-state index contributed by atoms with van der Waals surface area (Å²) in [6.45, 7) is 0. The molecular weight excluding hydrogens is 204 g/mol. The predicted molar refractivity (Wildman–Crippen MR) is 38.9 cm³/mol. The molecule has 1 N–H and O–H groups in total. The molecule has 0 spiro atoms. The third kappa shape index (κ3) is 1.26. The second kappa shape index (κ2) is 2.96. The van der Waals surface area contributed by atoms with Gasteiger partial charge in [-0.15, -0.1) is 0 Å². The fraction of sp³-hybridized carbons (Fsp3) is 0. The monoisotopic (exact) mass is 207 g/mol. The molecule has 0 aliphatic heterocycles. The third-order valence-corrected chi connectivity index (χ3v) is 1.45. The molecule has 1 aromatic rings. The zero-order chi connectivity index (χ0) is 7.56. The summed E-state index contributed by atoms with van der Waals surface area (Å²) in [6.07, 6.45) is 0. The lowest BCUT2D eigenvalue weighted by Gasteiger charge is -1.99. The molecule has 0 saturated heterocycles. The number of halogens is 3. The standard InChI is InChI=1S/C6H4BrF2N/c7-10-6-4(8)2-1-3-5(6)9/h1-3,10H. The summed E-state index contributed by atoms with van der Waals surface area (Å²) in [5.41, 5.74) is -0.164. The van der Waals surface area contributed by atoms with Gasteiger partial charge in [0.2, 0.25) is 0 Å². The van der Waals surface area contributed by atoms with Crippen molar-refractivity contribution in [3.8, 4) is 0 Å². The quantitative estimate of drug-likeness (QED) is 0.699. The van der Waals surface area contributed by atoms with Crippen LogP contribution in [0, 0.1) is 11.6 Å². The molecule has 1 rings (SSSR count). The second-order valence-electron chi connectivity index (χ2n) is 1.69. The Labute approximate surface area is 65.4 Å². The molecule has 0 amide bonds. The molecule has 0 aliphatic carbocycles. The summed E-state index contributed by atoms with van der Waals surface area (Å²) in [5.74, 6) is -1.23. The second-order valence-corrected chi connectivity index (χ2v) is 2.09. The molecule has 0 radical (unpaired) electrons. The number of para-hydroxylation sites is 1. The molecule has 1 nitrogen and oxygen atoms in total. The van der Waals surface area contributed by atoms with E-state index >= 15 is 0 Å². The molecule has 0 atom stereocenters. The average Bonchev–Trinajstić information content (AvgIpc) is 1.88. The molecular formula is C6H4BrF2N. The van der Waals surface area contributed by atoms with Crippen molar-refractivity contribution in [3.63, 3.8) is 0 Å². The molecule has 54 valence electrons. The van der Waals surface area contributed by atoms with Gasteiger partial charge in [-0.05, 0) is 12.1 Å². The highest BCUT2D eigenvalue weighted by Crippen LogP contribution is 2.18.